The summed E-state index contributed by atoms with van der Waals surface area (Å²) in [7, 11) is 2.21. The molecule has 1 unspecified atom stereocenters. The van der Waals surface area contributed by atoms with E-state index >= 15 is 0 Å². The standard InChI is InChI=1S/C26H52NO4/c1-4-5-6-7-8-9-10-11-12-13-14-15-16-17-20-30-24-26(31-25(2)28)23-27(3)18-21-29-22-19-27/h26H,4-24H2,1-3H3/q+1. The van der Waals surface area contributed by atoms with E-state index in [9.17, 15) is 4.79 Å². The van der Waals surface area contributed by atoms with Crippen LogP contribution in [0.4, 0.5) is 0 Å². The van der Waals surface area contributed by atoms with E-state index in [1.165, 1.54) is 90.4 Å². The molecule has 184 valence electrons. The maximum atomic E-state index is 11.5. The van der Waals surface area contributed by atoms with Crippen molar-refractivity contribution in [3.63, 3.8) is 0 Å². The van der Waals surface area contributed by atoms with Crippen molar-refractivity contribution in [1.29, 1.82) is 0 Å². The van der Waals surface area contributed by atoms with Crippen LogP contribution in [0.5, 0.6) is 0 Å². The number of esters is 1. The second kappa shape index (κ2) is 18.9. The first kappa shape index (κ1) is 28.4. The van der Waals surface area contributed by atoms with Gasteiger partial charge in [0.2, 0.25) is 0 Å². The summed E-state index contributed by atoms with van der Waals surface area (Å²) in [6.45, 7) is 9.35. The normalized spacial score (nSPS) is 16.9. The fourth-order valence-electron chi connectivity index (χ4n) is 4.43. The van der Waals surface area contributed by atoms with E-state index in [0.717, 1.165) is 50.4 Å². The number of ether oxygens (including phenoxy) is 3. The summed E-state index contributed by atoms with van der Waals surface area (Å²) in [5, 5.41) is 0. The highest BCUT2D eigenvalue weighted by molar-refractivity contribution is 5.66. The number of carbonyl (C=O) groups excluding carboxylic acids is 1. The molecule has 1 fully saturated rings. The molecular weight excluding hydrogens is 390 g/mol. The van der Waals surface area contributed by atoms with Gasteiger partial charge >= 0.3 is 5.97 Å². The number of morpholine rings is 1. The molecule has 1 aliphatic rings. The summed E-state index contributed by atoms with van der Waals surface area (Å²) >= 11 is 0. The van der Waals surface area contributed by atoms with Gasteiger partial charge in [0.25, 0.3) is 0 Å². The lowest BCUT2D eigenvalue weighted by Gasteiger charge is -2.39. The van der Waals surface area contributed by atoms with E-state index in [2.05, 4.69) is 14.0 Å². The van der Waals surface area contributed by atoms with Gasteiger partial charge in [-0.1, -0.05) is 90.4 Å². The monoisotopic (exact) mass is 442 g/mol. The van der Waals surface area contributed by atoms with E-state index in [1.807, 2.05) is 0 Å². The Morgan fingerprint density at radius 3 is 1.81 bits per heavy atom. The van der Waals surface area contributed by atoms with Crippen molar-refractivity contribution >= 4 is 5.97 Å². The number of hydrogen-bond acceptors (Lipinski definition) is 4. The van der Waals surface area contributed by atoms with Crippen molar-refractivity contribution in [2.75, 3.05) is 53.1 Å². The molecular formula is C26H52NO4+. The molecule has 1 rings (SSSR count). The van der Waals surface area contributed by atoms with Crippen LogP contribution in [0.1, 0.15) is 104 Å². The number of likely N-dealkylation sites (N-methyl/N-ethyl adjacent to an activating group) is 1. The lowest BCUT2D eigenvalue weighted by molar-refractivity contribution is -0.919. The number of quaternary nitrogens is 1. The molecule has 0 spiro atoms. The Labute approximate surface area is 192 Å². The molecule has 1 heterocycles. The molecule has 1 atom stereocenters. The molecule has 1 aliphatic heterocycles. The summed E-state index contributed by atoms with van der Waals surface area (Å²) in [6.07, 6.45) is 18.9. The van der Waals surface area contributed by atoms with Gasteiger partial charge < -0.3 is 18.7 Å². The Bertz CT molecular complexity index is 424. The third kappa shape index (κ3) is 16.6. The lowest BCUT2D eigenvalue weighted by atomic mass is 10.0. The maximum Gasteiger partial charge on any atom is 0.303 e. The Morgan fingerprint density at radius 2 is 1.32 bits per heavy atom. The van der Waals surface area contributed by atoms with Crippen LogP contribution in [0.2, 0.25) is 0 Å². The van der Waals surface area contributed by atoms with Crippen molar-refractivity contribution in [3.8, 4) is 0 Å². The molecule has 0 amide bonds. The van der Waals surface area contributed by atoms with Crippen LogP contribution in [0.3, 0.4) is 0 Å². The first-order valence-electron chi connectivity index (χ1n) is 13.2. The molecule has 0 N–H and O–H groups in total. The molecule has 0 radical (unpaired) electrons. The molecule has 31 heavy (non-hydrogen) atoms. The second-order valence-electron chi connectivity index (χ2n) is 9.76. The number of rotatable bonds is 20. The summed E-state index contributed by atoms with van der Waals surface area (Å²) in [5.74, 6) is -0.218. The SMILES string of the molecule is CCCCCCCCCCCCCCCCOCC(C[N+]1(C)CCOCC1)OC(C)=O. The van der Waals surface area contributed by atoms with Gasteiger partial charge in [0.1, 0.15) is 19.6 Å². The van der Waals surface area contributed by atoms with Crippen LogP contribution in [0, 0.1) is 0 Å². The van der Waals surface area contributed by atoms with Crippen molar-refractivity contribution in [2.45, 2.75) is 110 Å². The van der Waals surface area contributed by atoms with E-state index in [0.29, 0.717) is 6.61 Å². The highest BCUT2D eigenvalue weighted by Crippen LogP contribution is 2.14. The van der Waals surface area contributed by atoms with Gasteiger partial charge in [0.05, 0.1) is 26.9 Å². The smallest absolute Gasteiger partial charge is 0.303 e. The molecule has 5 nitrogen and oxygen atoms in total. The van der Waals surface area contributed by atoms with Gasteiger partial charge in [0.15, 0.2) is 6.10 Å². The van der Waals surface area contributed by atoms with Gasteiger partial charge in [-0.25, -0.2) is 0 Å². The van der Waals surface area contributed by atoms with Crippen LogP contribution in [-0.4, -0.2) is 69.7 Å². The molecule has 1 saturated heterocycles. The number of unbranched alkanes of at least 4 members (excludes halogenated alkanes) is 13. The van der Waals surface area contributed by atoms with Crippen LogP contribution in [0.25, 0.3) is 0 Å². The van der Waals surface area contributed by atoms with Crippen LogP contribution >= 0.6 is 0 Å². The zero-order valence-electron chi connectivity index (χ0n) is 21.0. The quantitative estimate of drug-likeness (QED) is 0.134. The van der Waals surface area contributed by atoms with Gasteiger partial charge in [-0.3, -0.25) is 4.79 Å². The number of nitrogens with zero attached hydrogens (tertiary/aromatic N) is 1. The third-order valence-electron chi connectivity index (χ3n) is 6.47. The van der Waals surface area contributed by atoms with E-state index in [4.69, 9.17) is 14.2 Å². The molecule has 0 aromatic heterocycles. The third-order valence-corrected chi connectivity index (χ3v) is 6.47. The topological polar surface area (TPSA) is 44.8 Å². The molecule has 5 heteroatoms. The zero-order valence-corrected chi connectivity index (χ0v) is 21.0. The van der Waals surface area contributed by atoms with Crippen molar-refractivity contribution in [2.24, 2.45) is 0 Å². The van der Waals surface area contributed by atoms with Gasteiger partial charge in [-0.15, -0.1) is 0 Å². The molecule has 0 bridgehead atoms. The van der Waals surface area contributed by atoms with Crippen molar-refractivity contribution in [1.82, 2.24) is 0 Å². The minimum Gasteiger partial charge on any atom is -0.454 e. The van der Waals surface area contributed by atoms with Gasteiger partial charge in [0, 0.05) is 13.5 Å². The van der Waals surface area contributed by atoms with E-state index in [-0.39, 0.29) is 12.1 Å². The fourth-order valence-corrected chi connectivity index (χ4v) is 4.43. The minimum atomic E-state index is -0.218. The molecule has 0 aromatic rings. The van der Waals surface area contributed by atoms with Crippen LogP contribution in [-0.2, 0) is 19.0 Å². The Morgan fingerprint density at radius 1 is 0.839 bits per heavy atom. The average molecular weight is 443 g/mol. The first-order valence-corrected chi connectivity index (χ1v) is 13.2. The van der Waals surface area contributed by atoms with E-state index < -0.39 is 0 Å². The Kier molecular flexibility index (Phi) is 17.3. The lowest BCUT2D eigenvalue weighted by Crippen LogP contribution is -2.56. The Balaban J connectivity index is 1.94. The predicted octanol–water partition coefficient (Wildman–Crippen LogP) is 5.89. The first-order chi connectivity index (χ1) is 15.1. The van der Waals surface area contributed by atoms with Crippen molar-refractivity contribution < 1.29 is 23.5 Å². The average Bonchev–Trinajstić information content (AvgIpc) is 2.73. The fraction of sp³-hybridized carbons (Fsp3) is 0.962. The van der Waals surface area contributed by atoms with E-state index in [1.54, 1.807) is 0 Å². The second-order valence-corrected chi connectivity index (χ2v) is 9.76. The largest absolute Gasteiger partial charge is 0.454 e. The van der Waals surface area contributed by atoms with Gasteiger partial charge in [-0.05, 0) is 6.42 Å². The summed E-state index contributed by atoms with van der Waals surface area (Å²) in [6, 6.07) is 0. The van der Waals surface area contributed by atoms with Crippen LogP contribution in [0.15, 0.2) is 0 Å². The zero-order chi connectivity index (χ0) is 22.6. The molecule has 0 aromatic carbocycles. The Hall–Kier alpha value is -0.650. The summed E-state index contributed by atoms with van der Waals surface area (Å²) in [5.41, 5.74) is 0. The highest BCUT2D eigenvalue weighted by Gasteiger charge is 2.30. The van der Waals surface area contributed by atoms with Gasteiger partial charge in [-0.2, -0.15) is 0 Å². The molecule has 0 aliphatic carbocycles. The minimum absolute atomic E-state index is 0.160. The number of hydrogen-bond donors (Lipinski definition) is 0. The summed E-state index contributed by atoms with van der Waals surface area (Å²) in [4.78, 5) is 11.5. The molecule has 0 saturated carbocycles. The maximum absolute atomic E-state index is 11.5. The predicted molar refractivity (Wildman–Crippen MR) is 128 cm³/mol. The number of carbonyl (C=O) groups is 1. The van der Waals surface area contributed by atoms with Crippen molar-refractivity contribution in [3.05, 3.63) is 0 Å². The highest BCUT2D eigenvalue weighted by atomic mass is 16.6. The summed E-state index contributed by atoms with van der Waals surface area (Å²) < 4.78 is 17.7. The van der Waals surface area contributed by atoms with Crippen LogP contribution < -0.4 is 0 Å².